The first-order valence-electron chi connectivity index (χ1n) is 10.2. The number of fused-ring (bicyclic) bond motifs is 1. The summed E-state index contributed by atoms with van der Waals surface area (Å²) in [6, 6.07) is 14.6. The Hall–Kier alpha value is -2.97. The zero-order valence-electron chi connectivity index (χ0n) is 17.2. The number of carbonyl (C=O) groups excluding carboxylic acids is 1. The molecule has 1 amide bonds. The molecule has 1 aromatic heterocycles. The lowest BCUT2D eigenvalue weighted by atomic mass is 10.1. The molecule has 0 unspecified atom stereocenters. The van der Waals surface area contributed by atoms with Crippen LogP contribution in [0.4, 0.5) is 0 Å². The minimum atomic E-state index is -4.04. The predicted octanol–water partition coefficient (Wildman–Crippen LogP) is 2.44. The number of aromatic nitrogens is 1. The predicted molar refractivity (Wildman–Crippen MR) is 117 cm³/mol. The van der Waals surface area contributed by atoms with Gasteiger partial charge in [0.1, 0.15) is 11.4 Å². The molecule has 1 saturated heterocycles. The summed E-state index contributed by atoms with van der Waals surface area (Å²) in [7, 11) is -4.04. The lowest BCUT2D eigenvalue weighted by Crippen LogP contribution is -2.37. The number of aryl methyl sites for hydroxylation is 1. The van der Waals surface area contributed by atoms with E-state index in [2.05, 4.69) is 5.32 Å². The molecule has 2 heterocycles. The van der Waals surface area contributed by atoms with E-state index in [1.807, 2.05) is 13.0 Å². The highest BCUT2D eigenvalue weighted by Gasteiger charge is 2.25. The Morgan fingerprint density at radius 1 is 1.16 bits per heavy atom. The molecule has 0 radical (unpaired) electrons. The van der Waals surface area contributed by atoms with Crippen molar-refractivity contribution >= 4 is 26.6 Å². The Bertz CT molecular complexity index is 1280. The molecular formula is C23H24N2O5S. The van der Waals surface area contributed by atoms with E-state index in [-0.39, 0.29) is 28.3 Å². The first-order valence-corrected chi connectivity index (χ1v) is 11.7. The van der Waals surface area contributed by atoms with Gasteiger partial charge in [0.15, 0.2) is 0 Å². The third kappa shape index (κ3) is 4.40. The average molecular weight is 441 g/mol. The Morgan fingerprint density at radius 3 is 2.65 bits per heavy atom. The summed E-state index contributed by atoms with van der Waals surface area (Å²) in [5.74, 6) is -0.367. The summed E-state index contributed by atoms with van der Waals surface area (Å²) in [4.78, 5) is 25.5. The van der Waals surface area contributed by atoms with Crippen molar-refractivity contribution in [3.8, 4) is 0 Å². The molecule has 1 N–H and O–H groups in total. The van der Waals surface area contributed by atoms with Gasteiger partial charge in [-0.25, -0.2) is 8.42 Å². The maximum absolute atomic E-state index is 13.3. The van der Waals surface area contributed by atoms with Crippen LogP contribution in [0.25, 0.3) is 10.9 Å². The van der Waals surface area contributed by atoms with E-state index < -0.39 is 15.4 Å². The molecule has 8 heteroatoms. The van der Waals surface area contributed by atoms with Crippen LogP contribution < -0.4 is 10.9 Å². The van der Waals surface area contributed by atoms with E-state index >= 15 is 0 Å². The van der Waals surface area contributed by atoms with Crippen LogP contribution in [0.3, 0.4) is 0 Å². The lowest BCUT2D eigenvalue weighted by Gasteiger charge is -2.15. The van der Waals surface area contributed by atoms with Crippen LogP contribution in [-0.2, 0) is 25.9 Å². The van der Waals surface area contributed by atoms with Crippen molar-refractivity contribution in [1.82, 2.24) is 9.88 Å². The Kier molecular flexibility index (Phi) is 5.93. The Balaban J connectivity index is 1.76. The number of sulfone groups is 1. The van der Waals surface area contributed by atoms with Crippen molar-refractivity contribution in [3.05, 3.63) is 70.5 Å². The van der Waals surface area contributed by atoms with Gasteiger partial charge in [0.2, 0.25) is 15.7 Å². The maximum atomic E-state index is 13.3. The number of ether oxygens (including phenoxy) is 1. The quantitative estimate of drug-likeness (QED) is 0.635. The SMILES string of the molecule is Cc1ccc2c(c1)cc(S(=O)(=O)c1ccccc1)c(=O)n2CC(=O)NC[C@H]1CCCO1. The summed E-state index contributed by atoms with van der Waals surface area (Å²) < 4.78 is 33.1. The van der Waals surface area contributed by atoms with Gasteiger partial charge in [-0.2, -0.15) is 0 Å². The molecule has 0 aliphatic carbocycles. The maximum Gasteiger partial charge on any atom is 0.270 e. The Labute approximate surface area is 180 Å². The van der Waals surface area contributed by atoms with Gasteiger partial charge in [0.05, 0.1) is 16.5 Å². The smallest absolute Gasteiger partial charge is 0.270 e. The number of nitrogens with zero attached hydrogens (tertiary/aromatic N) is 1. The van der Waals surface area contributed by atoms with Crippen LogP contribution in [0.15, 0.2) is 69.2 Å². The van der Waals surface area contributed by atoms with Gasteiger partial charge >= 0.3 is 0 Å². The Morgan fingerprint density at radius 2 is 1.94 bits per heavy atom. The molecule has 1 aliphatic rings. The fourth-order valence-corrected chi connectivity index (χ4v) is 5.18. The molecule has 1 atom stereocenters. The monoisotopic (exact) mass is 440 g/mol. The van der Waals surface area contributed by atoms with Crippen LogP contribution in [-0.4, -0.2) is 38.1 Å². The van der Waals surface area contributed by atoms with Crippen LogP contribution in [0.5, 0.6) is 0 Å². The van der Waals surface area contributed by atoms with E-state index in [1.165, 1.54) is 22.8 Å². The highest BCUT2D eigenvalue weighted by atomic mass is 32.2. The fraction of sp³-hybridized carbons (Fsp3) is 0.304. The van der Waals surface area contributed by atoms with Crippen LogP contribution in [0.2, 0.25) is 0 Å². The molecular weight excluding hydrogens is 416 g/mol. The number of nitrogens with one attached hydrogen (secondary N) is 1. The fourth-order valence-electron chi connectivity index (χ4n) is 3.79. The summed E-state index contributed by atoms with van der Waals surface area (Å²) in [6.45, 7) is 2.66. The zero-order chi connectivity index (χ0) is 22.0. The minimum Gasteiger partial charge on any atom is -0.376 e. The second-order valence-corrected chi connectivity index (χ2v) is 9.64. The van der Waals surface area contributed by atoms with Crippen molar-refractivity contribution < 1.29 is 17.9 Å². The third-order valence-electron chi connectivity index (χ3n) is 5.41. The van der Waals surface area contributed by atoms with Gasteiger partial charge in [0.25, 0.3) is 5.56 Å². The summed E-state index contributed by atoms with van der Waals surface area (Å²) >= 11 is 0. The topological polar surface area (TPSA) is 94.5 Å². The second kappa shape index (κ2) is 8.64. The number of carbonyl (C=O) groups is 1. The number of hydrogen-bond donors (Lipinski definition) is 1. The van der Waals surface area contributed by atoms with E-state index in [9.17, 15) is 18.0 Å². The van der Waals surface area contributed by atoms with Gasteiger partial charge in [0, 0.05) is 18.5 Å². The number of rotatable bonds is 6. The molecule has 2 aromatic carbocycles. The van der Waals surface area contributed by atoms with E-state index in [4.69, 9.17) is 4.74 Å². The third-order valence-corrected chi connectivity index (χ3v) is 7.18. The van der Waals surface area contributed by atoms with Crippen molar-refractivity contribution in [2.45, 2.75) is 42.2 Å². The van der Waals surface area contributed by atoms with Crippen molar-refractivity contribution in [3.63, 3.8) is 0 Å². The van der Waals surface area contributed by atoms with Crippen LogP contribution >= 0.6 is 0 Å². The number of benzene rings is 2. The average Bonchev–Trinajstić information content (AvgIpc) is 3.28. The number of amides is 1. The largest absolute Gasteiger partial charge is 0.376 e. The van der Waals surface area contributed by atoms with E-state index in [1.54, 1.807) is 30.3 Å². The normalized spacial score (nSPS) is 16.5. The highest BCUT2D eigenvalue weighted by molar-refractivity contribution is 7.91. The van der Waals surface area contributed by atoms with Crippen LogP contribution in [0.1, 0.15) is 18.4 Å². The van der Waals surface area contributed by atoms with E-state index in [0.717, 1.165) is 18.4 Å². The molecule has 4 rings (SSSR count). The molecule has 0 saturated carbocycles. The van der Waals surface area contributed by atoms with Crippen molar-refractivity contribution in [2.75, 3.05) is 13.2 Å². The molecule has 1 fully saturated rings. The molecule has 1 aliphatic heterocycles. The number of hydrogen-bond acceptors (Lipinski definition) is 5. The molecule has 31 heavy (non-hydrogen) atoms. The van der Waals surface area contributed by atoms with Gasteiger partial charge in [-0.3, -0.25) is 14.2 Å². The van der Waals surface area contributed by atoms with Crippen LogP contribution in [0, 0.1) is 6.92 Å². The van der Waals surface area contributed by atoms with E-state index in [0.29, 0.717) is 24.1 Å². The second-order valence-electron chi connectivity index (χ2n) is 7.72. The van der Waals surface area contributed by atoms with Gasteiger partial charge < -0.3 is 10.1 Å². The van der Waals surface area contributed by atoms with Gasteiger partial charge in [-0.1, -0.05) is 29.8 Å². The van der Waals surface area contributed by atoms with Crippen molar-refractivity contribution in [2.24, 2.45) is 0 Å². The van der Waals surface area contributed by atoms with Gasteiger partial charge in [-0.15, -0.1) is 0 Å². The molecule has 162 valence electrons. The standard InChI is InChI=1S/C23H24N2O5S/c1-16-9-10-20-17(12-16)13-21(31(28,29)19-7-3-2-4-8-19)23(27)25(20)15-22(26)24-14-18-6-5-11-30-18/h2-4,7-10,12-13,18H,5-6,11,14-15H2,1H3,(H,24,26)/t18-/m1/s1. The first-order chi connectivity index (χ1) is 14.9. The summed E-state index contributed by atoms with van der Waals surface area (Å²) in [6.07, 6.45) is 1.82. The number of pyridine rings is 1. The summed E-state index contributed by atoms with van der Waals surface area (Å²) in [5.41, 5.74) is 0.714. The lowest BCUT2D eigenvalue weighted by molar-refractivity contribution is -0.122. The minimum absolute atomic E-state index is 0.0233. The molecule has 0 spiro atoms. The zero-order valence-corrected chi connectivity index (χ0v) is 18.0. The van der Waals surface area contributed by atoms with Crippen molar-refractivity contribution in [1.29, 1.82) is 0 Å². The summed E-state index contributed by atoms with van der Waals surface area (Å²) in [5, 5.41) is 3.38. The first kappa shape index (κ1) is 21.3. The molecule has 0 bridgehead atoms. The molecule has 7 nitrogen and oxygen atoms in total. The highest BCUT2D eigenvalue weighted by Crippen LogP contribution is 2.23. The molecule has 3 aromatic rings. The van der Waals surface area contributed by atoms with Gasteiger partial charge in [-0.05, 0) is 50.1 Å².